The van der Waals surface area contributed by atoms with Gasteiger partial charge in [0.05, 0.1) is 7.11 Å². The minimum Gasteiger partial charge on any atom is -0.494 e. The molecule has 3 heterocycles. The fourth-order valence-electron chi connectivity index (χ4n) is 3.67. The fraction of sp³-hybridized carbons (Fsp3) is 0.400. The highest BCUT2D eigenvalue weighted by atomic mass is 16.5. The summed E-state index contributed by atoms with van der Waals surface area (Å²) in [5, 5.41) is 16.5. The number of nitrogens with zero attached hydrogens (tertiary/aromatic N) is 5. The van der Waals surface area contributed by atoms with E-state index in [1.54, 1.807) is 18.5 Å². The molecule has 1 aromatic carbocycles. The third kappa shape index (κ3) is 4.00. The van der Waals surface area contributed by atoms with Crippen LogP contribution in [0.1, 0.15) is 19.2 Å². The van der Waals surface area contributed by atoms with Crippen LogP contribution in [0.5, 0.6) is 5.75 Å². The number of nitrogen functional groups attached to an aromatic ring is 1. The van der Waals surface area contributed by atoms with E-state index in [9.17, 15) is 0 Å². The highest BCUT2D eigenvalue weighted by Gasteiger charge is 2.16. The fourth-order valence-corrected chi connectivity index (χ4v) is 3.67. The van der Waals surface area contributed by atoms with E-state index in [0.717, 1.165) is 49.5 Å². The van der Waals surface area contributed by atoms with Crippen LogP contribution in [0.15, 0.2) is 30.0 Å². The lowest BCUT2D eigenvalue weighted by Gasteiger charge is -2.19. The van der Waals surface area contributed by atoms with Crippen molar-refractivity contribution in [1.29, 1.82) is 5.41 Å². The Morgan fingerprint density at radius 1 is 1.38 bits per heavy atom. The molecule has 0 aliphatic carbocycles. The van der Waals surface area contributed by atoms with Gasteiger partial charge in [-0.05, 0) is 31.6 Å². The van der Waals surface area contributed by atoms with Crippen LogP contribution in [0.4, 0.5) is 5.95 Å². The summed E-state index contributed by atoms with van der Waals surface area (Å²) in [6.07, 6.45) is 3.67. The summed E-state index contributed by atoms with van der Waals surface area (Å²) in [6.45, 7) is 5.36. The van der Waals surface area contributed by atoms with Crippen LogP contribution in [0.25, 0.3) is 16.6 Å². The highest BCUT2D eigenvalue weighted by Crippen LogP contribution is 2.27. The monoisotopic (exact) mass is 394 g/mol. The molecule has 1 saturated heterocycles. The van der Waals surface area contributed by atoms with Crippen molar-refractivity contribution in [3.63, 3.8) is 0 Å². The van der Waals surface area contributed by atoms with Crippen molar-refractivity contribution in [1.82, 2.24) is 29.8 Å². The highest BCUT2D eigenvalue weighted by molar-refractivity contribution is 5.95. The Morgan fingerprint density at radius 2 is 2.24 bits per heavy atom. The molecule has 9 heteroatoms. The number of hydrogen-bond donors (Lipinski definition) is 3. The first-order valence-electron chi connectivity index (χ1n) is 9.75. The zero-order valence-electron chi connectivity index (χ0n) is 16.8. The van der Waals surface area contributed by atoms with Gasteiger partial charge in [0, 0.05) is 49.4 Å². The van der Waals surface area contributed by atoms with E-state index < -0.39 is 0 Å². The number of hydrogen-bond acceptors (Lipinski definition) is 8. The quantitative estimate of drug-likeness (QED) is 0.563. The zero-order valence-corrected chi connectivity index (χ0v) is 16.8. The Hall–Kier alpha value is -3.20. The zero-order chi connectivity index (χ0) is 20.4. The number of aromatic nitrogens is 4. The third-order valence-corrected chi connectivity index (χ3v) is 4.99. The Kier molecular flexibility index (Phi) is 5.30. The van der Waals surface area contributed by atoms with Gasteiger partial charge in [-0.25, -0.2) is 9.97 Å². The normalized spacial score (nSPS) is 16.8. The lowest BCUT2D eigenvalue weighted by Crippen LogP contribution is -2.29. The molecule has 1 aliphatic rings. The van der Waals surface area contributed by atoms with Crippen molar-refractivity contribution in [2.24, 2.45) is 0 Å². The second-order valence-electron chi connectivity index (χ2n) is 7.25. The van der Waals surface area contributed by atoms with Crippen LogP contribution < -0.4 is 15.8 Å². The molecule has 0 bridgehead atoms. The average Bonchev–Trinajstić information content (AvgIpc) is 3.01. The van der Waals surface area contributed by atoms with Crippen LogP contribution in [0, 0.1) is 5.41 Å². The number of nitrogens with two attached hydrogens (primary N) is 1. The average molecular weight is 394 g/mol. The molecule has 1 aliphatic heterocycles. The number of benzene rings is 1. The number of para-hydroxylation sites is 1. The van der Waals surface area contributed by atoms with Crippen molar-refractivity contribution in [2.75, 3.05) is 39.0 Å². The molecule has 2 aromatic heterocycles. The van der Waals surface area contributed by atoms with E-state index in [1.807, 2.05) is 24.3 Å². The van der Waals surface area contributed by atoms with Crippen molar-refractivity contribution in [2.45, 2.75) is 19.8 Å². The SMILES string of the molecule is COc1cccc2c1nc(N)n1nc(CCN3CCCN/C(=C\C(C)=N)C3)nc21. The Balaban J connectivity index is 1.58. The first kappa shape index (κ1) is 19.1. The molecule has 1 fully saturated rings. The Morgan fingerprint density at radius 3 is 3.03 bits per heavy atom. The van der Waals surface area contributed by atoms with E-state index in [2.05, 4.69) is 20.3 Å². The molecule has 0 saturated carbocycles. The molecule has 0 amide bonds. The lowest BCUT2D eigenvalue weighted by atomic mass is 10.2. The molecule has 4 rings (SSSR count). The van der Waals surface area contributed by atoms with E-state index in [-0.39, 0.29) is 0 Å². The van der Waals surface area contributed by atoms with Crippen LogP contribution in [0.3, 0.4) is 0 Å². The minimum atomic E-state index is 0.293. The Bertz CT molecular complexity index is 1090. The molecule has 0 unspecified atom stereocenters. The molecule has 29 heavy (non-hydrogen) atoms. The summed E-state index contributed by atoms with van der Waals surface area (Å²) in [7, 11) is 1.62. The topological polar surface area (TPSA) is 117 Å². The van der Waals surface area contributed by atoms with E-state index in [0.29, 0.717) is 35.0 Å². The van der Waals surface area contributed by atoms with Crippen LogP contribution in [0.2, 0.25) is 0 Å². The smallest absolute Gasteiger partial charge is 0.223 e. The van der Waals surface area contributed by atoms with Crippen molar-refractivity contribution >= 4 is 28.2 Å². The number of anilines is 1. The Labute approximate surface area is 169 Å². The molecule has 0 spiro atoms. The van der Waals surface area contributed by atoms with Crippen molar-refractivity contribution in [3.8, 4) is 5.75 Å². The lowest BCUT2D eigenvalue weighted by molar-refractivity contribution is 0.306. The number of methoxy groups -OCH3 is 1. The minimum absolute atomic E-state index is 0.293. The summed E-state index contributed by atoms with van der Waals surface area (Å²) in [5.41, 5.74) is 9.16. The third-order valence-electron chi connectivity index (χ3n) is 4.99. The number of fused-ring (bicyclic) bond motifs is 3. The summed E-state index contributed by atoms with van der Waals surface area (Å²) in [6, 6.07) is 5.73. The van der Waals surface area contributed by atoms with E-state index >= 15 is 0 Å². The predicted octanol–water partition coefficient (Wildman–Crippen LogP) is 1.63. The van der Waals surface area contributed by atoms with Crippen molar-refractivity contribution < 1.29 is 4.74 Å². The summed E-state index contributed by atoms with van der Waals surface area (Å²) in [4.78, 5) is 11.6. The van der Waals surface area contributed by atoms with Crippen LogP contribution in [-0.2, 0) is 6.42 Å². The summed E-state index contributed by atoms with van der Waals surface area (Å²) >= 11 is 0. The van der Waals surface area contributed by atoms with Gasteiger partial charge < -0.3 is 21.2 Å². The van der Waals surface area contributed by atoms with E-state index in [4.69, 9.17) is 20.9 Å². The van der Waals surface area contributed by atoms with Crippen LogP contribution >= 0.6 is 0 Å². The number of rotatable bonds is 5. The maximum atomic E-state index is 7.70. The van der Waals surface area contributed by atoms with Gasteiger partial charge in [0.2, 0.25) is 5.95 Å². The largest absolute Gasteiger partial charge is 0.494 e. The molecule has 4 N–H and O–H groups in total. The molecule has 0 atom stereocenters. The first-order chi connectivity index (χ1) is 14.0. The first-order valence-corrected chi connectivity index (χ1v) is 9.75. The van der Waals surface area contributed by atoms with Gasteiger partial charge in [-0.2, -0.15) is 4.52 Å². The molecular formula is C20H26N8O. The van der Waals surface area contributed by atoms with Gasteiger partial charge in [-0.1, -0.05) is 6.07 Å². The van der Waals surface area contributed by atoms with Gasteiger partial charge in [-0.3, -0.25) is 4.90 Å². The molecule has 3 aromatic rings. The summed E-state index contributed by atoms with van der Waals surface area (Å²) < 4.78 is 7.01. The van der Waals surface area contributed by atoms with Gasteiger partial charge in [-0.15, -0.1) is 5.10 Å². The number of allylic oxidation sites excluding steroid dienone is 1. The molecular weight excluding hydrogens is 368 g/mol. The molecule has 9 nitrogen and oxygen atoms in total. The van der Waals surface area contributed by atoms with E-state index in [1.165, 1.54) is 0 Å². The van der Waals surface area contributed by atoms with Crippen LogP contribution in [-0.4, -0.2) is 63.5 Å². The van der Waals surface area contributed by atoms with Gasteiger partial charge in [0.25, 0.3) is 0 Å². The number of nitrogens with one attached hydrogen (secondary N) is 2. The second-order valence-corrected chi connectivity index (χ2v) is 7.25. The van der Waals surface area contributed by atoms with Gasteiger partial charge in [0.15, 0.2) is 11.5 Å². The standard InChI is InChI=1S/C20H26N8O/c1-13(21)11-14-12-27(9-4-8-23-14)10-7-17-24-19-15-5-3-6-16(29-2)18(15)25-20(22)28(19)26-17/h3,5-6,11,21,23H,4,7-10,12H2,1-2H3,(H2,22,25)/b14-11-,21-13?. The second kappa shape index (κ2) is 8.04. The number of ether oxygens (including phenoxy) is 1. The summed E-state index contributed by atoms with van der Waals surface area (Å²) in [5.74, 6) is 1.69. The molecule has 152 valence electrons. The molecule has 0 radical (unpaired) electrons. The predicted molar refractivity (Wildman–Crippen MR) is 113 cm³/mol. The van der Waals surface area contributed by atoms with Gasteiger partial charge >= 0.3 is 0 Å². The van der Waals surface area contributed by atoms with Gasteiger partial charge in [0.1, 0.15) is 11.3 Å². The maximum Gasteiger partial charge on any atom is 0.223 e. The van der Waals surface area contributed by atoms with Crippen molar-refractivity contribution in [3.05, 3.63) is 35.8 Å². The maximum absolute atomic E-state index is 7.70.